The van der Waals surface area contributed by atoms with E-state index in [-0.39, 0.29) is 10.8 Å². The van der Waals surface area contributed by atoms with Crippen molar-refractivity contribution in [2.75, 3.05) is 5.32 Å². The molecule has 0 spiro atoms. The number of H-pyrrole nitrogens is 1. The van der Waals surface area contributed by atoms with E-state index in [1.165, 1.54) is 24.4 Å². The number of amides is 1. The number of carbonyl (C=O) groups is 1. The number of rotatable bonds is 5. The number of ether oxygens (including phenoxy) is 1. The van der Waals surface area contributed by atoms with E-state index in [0.717, 1.165) is 5.56 Å². The molecule has 0 unspecified atom stereocenters. The molecular weight excluding hydrogens is 352 g/mol. The summed E-state index contributed by atoms with van der Waals surface area (Å²) in [6.45, 7) is -2.97. The largest absolute Gasteiger partial charge is 0.433 e. The van der Waals surface area contributed by atoms with Crippen LogP contribution in [0.2, 0.25) is 5.02 Å². The van der Waals surface area contributed by atoms with Crippen molar-refractivity contribution < 1.29 is 18.3 Å². The van der Waals surface area contributed by atoms with Crippen molar-refractivity contribution in [2.24, 2.45) is 0 Å². The molecule has 0 aliphatic heterocycles. The van der Waals surface area contributed by atoms with Crippen LogP contribution in [0.25, 0.3) is 11.3 Å². The van der Waals surface area contributed by atoms with Crippen LogP contribution in [-0.2, 0) is 0 Å². The number of anilines is 1. The van der Waals surface area contributed by atoms with Gasteiger partial charge in [-0.05, 0) is 18.2 Å². The molecule has 128 valence electrons. The fourth-order valence-electron chi connectivity index (χ4n) is 2.25. The summed E-state index contributed by atoms with van der Waals surface area (Å²) in [5, 5.41) is 9.32. The number of halogens is 3. The number of nitrogens with one attached hydrogen (secondary N) is 2. The third-order valence-electron chi connectivity index (χ3n) is 3.35. The highest BCUT2D eigenvalue weighted by Gasteiger charge is 2.16. The molecule has 0 saturated carbocycles. The van der Waals surface area contributed by atoms with Crippen molar-refractivity contribution in [3.05, 3.63) is 65.3 Å². The zero-order chi connectivity index (χ0) is 17.8. The molecule has 2 N–H and O–H groups in total. The first-order valence-electron chi connectivity index (χ1n) is 7.19. The van der Waals surface area contributed by atoms with Gasteiger partial charge < -0.3 is 10.1 Å². The lowest BCUT2D eigenvalue weighted by Crippen LogP contribution is -2.12. The highest BCUT2D eigenvalue weighted by atomic mass is 35.5. The summed E-state index contributed by atoms with van der Waals surface area (Å²) < 4.78 is 28.7. The quantitative estimate of drug-likeness (QED) is 0.697. The average molecular weight is 364 g/mol. The van der Waals surface area contributed by atoms with E-state index in [4.69, 9.17) is 11.6 Å². The number of hydrogen-bond acceptors (Lipinski definition) is 3. The van der Waals surface area contributed by atoms with Crippen molar-refractivity contribution in [2.45, 2.75) is 6.61 Å². The Morgan fingerprint density at radius 3 is 2.64 bits per heavy atom. The summed E-state index contributed by atoms with van der Waals surface area (Å²) in [7, 11) is 0. The second-order valence-corrected chi connectivity index (χ2v) is 5.41. The Morgan fingerprint density at radius 2 is 1.96 bits per heavy atom. The number of nitrogens with zero attached hydrogens (tertiary/aromatic N) is 1. The fourth-order valence-corrected chi connectivity index (χ4v) is 2.48. The Hall–Kier alpha value is -2.93. The van der Waals surface area contributed by atoms with Gasteiger partial charge in [-0.2, -0.15) is 13.9 Å². The zero-order valence-corrected chi connectivity index (χ0v) is 13.4. The lowest BCUT2D eigenvalue weighted by molar-refractivity contribution is -0.0497. The second-order valence-electron chi connectivity index (χ2n) is 5.00. The Balaban J connectivity index is 1.80. The summed E-state index contributed by atoms with van der Waals surface area (Å²) in [5.41, 5.74) is 2.07. The van der Waals surface area contributed by atoms with E-state index in [9.17, 15) is 13.6 Å². The van der Waals surface area contributed by atoms with Crippen LogP contribution in [0.3, 0.4) is 0 Å². The van der Waals surface area contributed by atoms with Gasteiger partial charge in [0.15, 0.2) is 0 Å². The summed E-state index contributed by atoms with van der Waals surface area (Å²) in [5.74, 6) is -0.575. The van der Waals surface area contributed by atoms with Crippen molar-refractivity contribution in [3.63, 3.8) is 0 Å². The molecule has 3 aromatic rings. The molecule has 0 radical (unpaired) electrons. The summed E-state index contributed by atoms with van der Waals surface area (Å²) in [4.78, 5) is 12.5. The highest BCUT2D eigenvalue weighted by molar-refractivity contribution is 6.32. The molecule has 0 bridgehead atoms. The van der Waals surface area contributed by atoms with Crippen LogP contribution in [0.4, 0.5) is 14.5 Å². The summed E-state index contributed by atoms with van der Waals surface area (Å²) in [6.07, 6.45) is 1.41. The number of alkyl halides is 2. The maximum atomic E-state index is 12.5. The highest BCUT2D eigenvalue weighted by Crippen LogP contribution is 2.29. The van der Waals surface area contributed by atoms with Gasteiger partial charge in [0.2, 0.25) is 0 Å². The minimum absolute atomic E-state index is 0.0337. The van der Waals surface area contributed by atoms with Crippen LogP contribution >= 0.6 is 11.6 Å². The van der Waals surface area contributed by atoms with Crippen LogP contribution in [0.5, 0.6) is 5.75 Å². The van der Waals surface area contributed by atoms with Gasteiger partial charge in [0, 0.05) is 11.3 Å². The van der Waals surface area contributed by atoms with E-state index in [2.05, 4.69) is 20.3 Å². The molecule has 5 nitrogen and oxygen atoms in total. The zero-order valence-electron chi connectivity index (χ0n) is 12.7. The fraction of sp³-hybridized carbons (Fsp3) is 0.0588. The molecule has 1 heterocycles. The standard InChI is InChI=1S/C17H12ClF2N3O2/c18-13-8-11(6-7-14(13)25-17(19)20)22-16(24)12-9-21-23-15(12)10-4-2-1-3-5-10/h1-9,17H,(H,21,23)(H,22,24). The van der Waals surface area contributed by atoms with E-state index in [1.807, 2.05) is 30.3 Å². The molecule has 3 rings (SSSR count). The van der Waals surface area contributed by atoms with E-state index in [1.54, 1.807) is 0 Å². The first-order chi connectivity index (χ1) is 12.0. The molecule has 1 aromatic heterocycles. The van der Waals surface area contributed by atoms with Gasteiger partial charge in [-0.3, -0.25) is 9.89 Å². The van der Waals surface area contributed by atoms with E-state index < -0.39 is 12.5 Å². The van der Waals surface area contributed by atoms with Gasteiger partial charge in [-0.25, -0.2) is 0 Å². The van der Waals surface area contributed by atoms with E-state index in [0.29, 0.717) is 16.9 Å². The topological polar surface area (TPSA) is 67.0 Å². The lowest BCUT2D eigenvalue weighted by atomic mass is 10.1. The molecule has 2 aromatic carbocycles. The van der Waals surface area contributed by atoms with Crippen molar-refractivity contribution in [1.29, 1.82) is 0 Å². The lowest BCUT2D eigenvalue weighted by Gasteiger charge is -2.10. The molecule has 0 saturated heterocycles. The normalized spacial score (nSPS) is 10.7. The first kappa shape index (κ1) is 16.9. The minimum atomic E-state index is -2.97. The molecular formula is C17H12ClF2N3O2. The number of benzene rings is 2. The van der Waals surface area contributed by atoms with Crippen molar-refractivity contribution in [3.8, 4) is 17.0 Å². The number of hydrogen-bond donors (Lipinski definition) is 2. The maximum Gasteiger partial charge on any atom is 0.387 e. The SMILES string of the molecule is O=C(Nc1ccc(OC(F)F)c(Cl)c1)c1cn[nH]c1-c1ccccc1. The minimum Gasteiger partial charge on any atom is -0.433 e. The number of carbonyl (C=O) groups excluding carboxylic acids is 1. The van der Waals surface area contributed by atoms with Crippen molar-refractivity contribution in [1.82, 2.24) is 10.2 Å². The molecule has 0 aliphatic carbocycles. The van der Waals surface area contributed by atoms with Gasteiger partial charge in [0.25, 0.3) is 5.91 Å². The Labute approximate surface area is 146 Å². The summed E-state index contributed by atoms with van der Waals surface area (Å²) in [6, 6.07) is 13.3. The van der Waals surface area contributed by atoms with Crippen LogP contribution < -0.4 is 10.1 Å². The predicted octanol–water partition coefficient (Wildman–Crippen LogP) is 4.58. The monoisotopic (exact) mass is 363 g/mol. The molecule has 0 aliphatic rings. The molecule has 25 heavy (non-hydrogen) atoms. The van der Waals surface area contributed by atoms with E-state index >= 15 is 0 Å². The van der Waals surface area contributed by atoms with Crippen molar-refractivity contribution >= 4 is 23.2 Å². The van der Waals surface area contributed by atoms with Gasteiger partial charge >= 0.3 is 6.61 Å². The third kappa shape index (κ3) is 3.95. The Morgan fingerprint density at radius 1 is 1.20 bits per heavy atom. The average Bonchev–Trinajstić information content (AvgIpc) is 3.08. The first-order valence-corrected chi connectivity index (χ1v) is 7.57. The molecule has 8 heteroatoms. The Bertz CT molecular complexity index is 885. The molecule has 0 fully saturated rings. The third-order valence-corrected chi connectivity index (χ3v) is 3.65. The van der Waals surface area contributed by atoms with Gasteiger partial charge in [0.05, 0.1) is 22.5 Å². The predicted molar refractivity (Wildman–Crippen MR) is 90.1 cm³/mol. The maximum absolute atomic E-state index is 12.5. The number of aromatic nitrogens is 2. The smallest absolute Gasteiger partial charge is 0.387 e. The second kappa shape index (κ2) is 7.31. The van der Waals surface area contributed by atoms with Crippen LogP contribution in [0, 0.1) is 0 Å². The molecule has 1 amide bonds. The van der Waals surface area contributed by atoms with Crippen LogP contribution in [-0.4, -0.2) is 22.7 Å². The van der Waals surface area contributed by atoms with Crippen LogP contribution in [0.15, 0.2) is 54.7 Å². The van der Waals surface area contributed by atoms with Gasteiger partial charge in [0.1, 0.15) is 5.75 Å². The number of aromatic amines is 1. The molecule has 0 atom stereocenters. The Kier molecular flexibility index (Phi) is 4.95. The van der Waals surface area contributed by atoms with Crippen LogP contribution in [0.1, 0.15) is 10.4 Å². The van der Waals surface area contributed by atoms with Gasteiger partial charge in [-0.15, -0.1) is 0 Å². The van der Waals surface area contributed by atoms with Gasteiger partial charge in [-0.1, -0.05) is 41.9 Å². The summed E-state index contributed by atoms with van der Waals surface area (Å²) >= 11 is 5.88.